The van der Waals surface area contributed by atoms with Gasteiger partial charge in [0.2, 0.25) is 0 Å². The van der Waals surface area contributed by atoms with E-state index in [9.17, 15) is 4.79 Å². The van der Waals surface area contributed by atoms with Gasteiger partial charge in [0.15, 0.2) is 0 Å². The second-order valence-electron chi connectivity index (χ2n) is 4.82. The lowest BCUT2D eigenvalue weighted by molar-refractivity contribution is 0.0934. The first-order valence-electron chi connectivity index (χ1n) is 6.88. The topological polar surface area (TPSA) is 54.0 Å². The van der Waals surface area contributed by atoms with Crippen molar-refractivity contribution in [2.45, 2.75) is 26.3 Å². The van der Waals surface area contributed by atoms with Crippen molar-refractivity contribution >= 4 is 28.9 Å². The number of halogens is 1. The van der Waals surface area contributed by atoms with Gasteiger partial charge in [-0.3, -0.25) is 9.78 Å². The summed E-state index contributed by atoms with van der Waals surface area (Å²) in [6.45, 7) is 3.98. The monoisotopic (exact) mass is 303 g/mol. The summed E-state index contributed by atoms with van der Waals surface area (Å²) < 4.78 is 0. The number of para-hydroxylation sites is 1. The highest BCUT2D eigenvalue weighted by molar-refractivity contribution is 6.33. The highest BCUT2D eigenvalue weighted by Crippen LogP contribution is 2.24. The molecule has 0 fully saturated rings. The molecule has 4 nitrogen and oxygen atoms in total. The van der Waals surface area contributed by atoms with Crippen LogP contribution in [0.5, 0.6) is 0 Å². The Kier molecular flexibility index (Phi) is 5.17. The van der Waals surface area contributed by atoms with Crippen LogP contribution in [0.4, 0.5) is 11.4 Å². The van der Waals surface area contributed by atoms with E-state index in [0.29, 0.717) is 10.7 Å². The molecule has 1 aromatic heterocycles. The normalized spacial score (nSPS) is 11.8. The molecule has 0 aliphatic heterocycles. The summed E-state index contributed by atoms with van der Waals surface area (Å²) in [5, 5.41) is 6.70. The molecule has 0 saturated carbocycles. The quantitative estimate of drug-likeness (QED) is 0.877. The van der Waals surface area contributed by atoms with Crippen LogP contribution in [0.25, 0.3) is 0 Å². The molecule has 110 valence electrons. The predicted molar refractivity (Wildman–Crippen MR) is 86.2 cm³/mol. The van der Waals surface area contributed by atoms with E-state index < -0.39 is 0 Å². The van der Waals surface area contributed by atoms with Gasteiger partial charge in [-0.1, -0.05) is 30.7 Å². The summed E-state index contributed by atoms with van der Waals surface area (Å²) >= 11 is 6.11. The third-order valence-electron chi connectivity index (χ3n) is 3.14. The van der Waals surface area contributed by atoms with E-state index in [2.05, 4.69) is 15.6 Å². The largest absolute Gasteiger partial charge is 0.354 e. The molecule has 21 heavy (non-hydrogen) atoms. The third kappa shape index (κ3) is 4.20. The van der Waals surface area contributed by atoms with Gasteiger partial charge in [0, 0.05) is 17.9 Å². The van der Waals surface area contributed by atoms with Crippen molar-refractivity contribution < 1.29 is 4.79 Å². The predicted octanol–water partition coefficient (Wildman–Crippen LogP) is 4.01. The van der Waals surface area contributed by atoms with Crippen molar-refractivity contribution in [3.8, 4) is 0 Å². The number of rotatable bonds is 5. The molecule has 1 aromatic carbocycles. The fourth-order valence-electron chi connectivity index (χ4n) is 1.75. The Bertz CT molecular complexity index is 630. The number of pyridine rings is 1. The van der Waals surface area contributed by atoms with Gasteiger partial charge < -0.3 is 10.6 Å². The summed E-state index contributed by atoms with van der Waals surface area (Å²) in [6, 6.07) is 11.1. The zero-order valence-electron chi connectivity index (χ0n) is 12.1. The first-order valence-corrected chi connectivity index (χ1v) is 7.26. The zero-order valence-corrected chi connectivity index (χ0v) is 12.8. The minimum atomic E-state index is -0.174. The van der Waals surface area contributed by atoms with Gasteiger partial charge in [-0.15, -0.1) is 0 Å². The Hall–Kier alpha value is -2.07. The molecule has 2 rings (SSSR count). The summed E-state index contributed by atoms with van der Waals surface area (Å²) in [7, 11) is 0. The standard InChI is InChI=1S/C16H18ClN3O/c1-3-11(2)19-16(21)15-10-12(8-9-18-15)20-14-7-5-4-6-13(14)17/h4-11H,3H2,1-2H3,(H,18,20)(H,19,21). The Morgan fingerprint density at radius 3 is 2.81 bits per heavy atom. The Morgan fingerprint density at radius 1 is 1.33 bits per heavy atom. The molecule has 0 aliphatic carbocycles. The number of aromatic nitrogens is 1. The summed E-state index contributed by atoms with van der Waals surface area (Å²) in [5.41, 5.74) is 1.94. The maximum Gasteiger partial charge on any atom is 0.270 e. The Labute approximate surface area is 129 Å². The fraction of sp³-hybridized carbons (Fsp3) is 0.250. The number of amides is 1. The highest BCUT2D eigenvalue weighted by Gasteiger charge is 2.10. The van der Waals surface area contributed by atoms with E-state index in [1.54, 1.807) is 18.3 Å². The van der Waals surface area contributed by atoms with Gasteiger partial charge in [-0.05, 0) is 37.6 Å². The van der Waals surface area contributed by atoms with Crippen molar-refractivity contribution in [3.63, 3.8) is 0 Å². The molecular formula is C16H18ClN3O. The second kappa shape index (κ2) is 7.09. The van der Waals surface area contributed by atoms with Crippen molar-refractivity contribution in [2.75, 3.05) is 5.32 Å². The van der Waals surface area contributed by atoms with Crippen LogP contribution < -0.4 is 10.6 Å². The van der Waals surface area contributed by atoms with Gasteiger partial charge in [0.05, 0.1) is 10.7 Å². The molecule has 2 N–H and O–H groups in total. The highest BCUT2D eigenvalue weighted by atomic mass is 35.5. The molecule has 0 bridgehead atoms. The average Bonchev–Trinajstić information content (AvgIpc) is 2.49. The van der Waals surface area contributed by atoms with Crippen LogP contribution >= 0.6 is 11.6 Å². The molecular weight excluding hydrogens is 286 g/mol. The Morgan fingerprint density at radius 2 is 2.10 bits per heavy atom. The van der Waals surface area contributed by atoms with E-state index in [-0.39, 0.29) is 11.9 Å². The first-order chi connectivity index (χ1) is 10.1. The van der Waals surface area contributed by atoms with Crippen LogP contribution in [0.3, 0.4) is 0 Å². The molecule has 0 aliphatic rings. The molecule has 0 saturated heterocycles. The van der Waals surface area contributed by atoms with Gasteiger partial charge in [-0.2, -0.15) is 0 Å². The molecule has 0 spiro atoms. The summed E-state index contributed by atoms with van der Waals surface area (Å²) in [5.74, 6) is -0.174. The summed E-state index contributed by atoms with van der Waals surface area (Å²) in [4.78, 5) is 16.2. The number of anilines is 2. The lowest BCUT2D eigenvalue weighted by Gasteiger charge is -2.12. The molecule has 2 aromatic rings. The zero-order chi connectivity index (χ0) is 15.2. The maximum absolute atomic E-state index is 12.1. The van der Waals surface area contributed by atoms with Crippen LogP contribution in [0, 0.1) is 0 Å². The SMILES string of the molecule is CCC(C)NC(=O)c1cc(Nc2ccccc2Cl)ccn1. The van der Waals surface area contributed by atoms with E-state index in [4.69, 9.17) is 11.6 Å². The number of nitrogens with one attached hydrogen (secondary N) is 2. The molecule has 5 heteroatoms. The van der Waals surface area contributed by atoms with Crippen LogP contribution in [0.1, 0.15) is 30.8 Å². The van der Waals surface area contributed by atoms with Crippen LogP contribution in [0.2, 0.25) is 5.02 Å². The van der Waals surface area contributed by atoms with E-state index in [1.807, 2.05) is 38.1 Å². The van der Waals surface area contributed by atoms with Crippen molar-refractivity contribution in [3.05, 3.63) is 53.3 Å². The van der Waals surface area contributed by atoms with Crippen molar-refractivity contribution in [1.82, 2.24) is 10.3 Å². The van der Waals surface area contributed by atoms with Crippen molar-refractivity contribution in [2.24, 2.45) is 0 Å². The molecule has 0 radical (unpaired) electrons. The van der Waals surface area contributed by atoms with Crippen molar-refractivity contribution in [1.29, 1.82) is 0 Å². The minimum Gasteiger partial charge on any atom is -0.354 e. The Balaban J connectivity index is 2.14. The van der Waals surface area contributed by atoms with Gasteiger partial charge in [0.1, 0.15) is 5.69 Å². The fourth-order valence-corrected chi connectivity index (χ4v) is 1.93. The maximum atomic E-state index is 12.1. The number of hydrogen-bond donors (Lipinski definition) is 2. The summed E-state index contributed by atoms with van der Waals surface area (Å²) in [6.07, 6.45) is 2.48. The lowest BCUT2D eigenvalue weighted by Crippen LogP contribution is -2.32. The lowest BCUT2D eigenvalue weighted by atomic mass is 10.2. The smallest absolute Gasteiger partial charge is 0.270 e. The molecule has 1 amide bonds. The number of hydrogen-bond acceptors (Lipinski definition) is 3. The van der Waals surface area contributed by atoms with Gasteiger partial charge in [-0.25, -0.2) is 0 Å². The van der Waals surface area contributed by atoms with Gasteiger partial charge >= 0.3 is 0 Å². The number of carbonyl (C=O) groups excluding carboxylic acids is 1. The number of benzene rings is 1. The second-order valence-corrected chi connectivity index (χ2v) is 5.22. The first kappa shape index (κ1) is 15.3. The minimum absolute atomic E-state index is 0.125. The number of carbonyl (C=O) groups is 1. The van der Waals surface area contributed by atoms with Crippen LogP contribution in [0.15, 0.2) is 42.6 Å². The van der Waals surface area contributed by atoms with E-state index in [0.717, 1.165) is 17.8 Å². The van der Waals surface area contributed by atoms with Gasteiger partial charge in [0.25, 0.3) is 5.91 Å². The molecule has 1 heterocycles. The number of nitrogens with zero attached hydrogens (tertiary/aromatic N) is 1. The molecule has 1 atom stereocenters. The van der Waals surface area contributed by atoms with Crippen LogP contribution in [-0.4, -0.2) is 16.9 Å². The van der Waals surface area contributed by atoms with Crippen LogP contribution in [-0.2, 0) is 0 Å². The third-order valence-corrected chi connectivity index (χ3v) is 3.46. The molecule has 1 unspecified atom stereocenters. The van der Waals surface area contributed by atoms with E-state index >= 15 is 0 Å². The average molecular weight is 304 g/mol. The van der Waals surface area contributed by atoms with E-state index in [1.165, 1.54) is 0 Å².